The molecule has 32 heavy (non-hydrogen) atoms. The van der Waals surface area contributed by atoms with Gasteiger partial charge in [-0.1, -0.05) is 12.1 Å². The number of nitrogens with zero attached hydrogens (tertiary/aromatic N) is 2. The van der Waals surface area contributed by atoms with Crippen LogP contribution in [0.3, 0.4) is 0 Å². The number of nitrogens with one attached hydrogen (secondary N) is 1. The predicted molar refractivity (Wildman–Crippen MR) is 119 cm³/mol. The summed E-state index contributed by atoms with van der Waals surface area (Å²) in [5.74, 6) is -1.12. The molecule has 0 atom stereocenters. The van der Waals surface area contributed by atoms with Crippen molar-refractivity contribution in [1.29, 1.82) is 5.41 Å². The fourth-order valence-corrected chi connectivity index (χ4v) is 3.41. The Bertz CT molecular complexity index is 1240. The quantitative estimate of drug-likeness (QED) is 0.332. The molecule has 2 aromatic carbocycles. The number of nitrogen functional groups attached to an aromatic ring is 1. The molecule has 166 valence electrons. The van der Waals surface area contributed by atoms with E-state index in [1.807, 2.05) is 12.1 Å². The van der Waals surface area contributed by atoms with Crippen molar-refractivity contribution < 1.29 is 19.1 Å². The summed E-state index contributed by atoms with van der Waals surface area (Å²) < 4.78 is 12.3. The molecule has 1 aromatic heterocycles. The molecule has 9 nitrogen and oxygen atoms in total. The summed E-state index contributed by atoms with van der Waals surface area (Å²) in [5.41, 5.74) is 8.50. The van der Waals surface area contributed by atoms with Crippen LogP contribution >= 0.6 is 0 Å². The second-order valence-corrected chi connectivity index (χ2v) is 7.14. The monoisotopic (exact) mass is 436 g/mol. The van der Waals surface area contributed by atoms with Gasteiger partial charge >= 0.3 is 17.6 Å². The van der Waals surface area contributed by atoms with E-state index in [9.17, 15) is 14.4 Å². The number of aromatic nitrogens is 2. The number of nitrogens with two attached hydrogens (primary N) is 1. The number of benzene rings is 2. The smallest absolute Gasteiger partial charge is 0.337 e. The van der Waals surface area contributed by atoms with Crippen molar-refractivity contribution >= 4 is 17.8 Å². The molecule has 3 aromatic rings. The third-order valence-corrected chi connectivity index (χ3v) is 5.07. The lowest BCUT2D eigenvalue weighted by atomic mass is 10.1. The Kier molecular flexibility index (Phi) is 6.58. The predicted octanol–water partition coefficient (Wildman–Crippen LogP) is 2.11. The fourth-order valence-electron chi connectivity index (χ4n) is 3.41. The summed E-state index contributed by atoms with van der Waals surface area (Å²) in [5, 5.41) is 7.89. The van der Waals surface area contributed by atoms with Crippen LogP contribution in [0.5, 0.6) is 0 Å². The molecule has 0 aliphatic rings. The summed E-state index contributed by atoms with van der Waals surface area (Å²) in [4.78, 5) is 36.4. The van der Waals surface area contributed by atoms with Crippen molar-refractivity contribution in [1.82, 2.24) is 9.13 Å². The second-order valence-electron chi connectivity index (χ2n) is 7.14. The zero-order chi connectivity index (χ0) is 23.4. The van der Waals surface area contributed by atoms with Gasteiger partial charge in [0.15, 0.2) is 0 Å². The number of hydrogen-bond acceptors (Lipinski definition) is 6. The van der Waals surface area contributed by atoms with E-state index >= 15 is 0 Å². The topological polar surface area (TPSA) is 129 Å². The van der Waals surface area contributed by atoms with Crippen molar-refractivity contribution in [3.8, 4) is 11.4 Å². The Balaban J connectivity index is 2.00. The zero-order valence-corrected chi connectivity index (χ0v) is 18.0. The molecule has 0 fully saturated rings. The first kappa shape index (κ1) is 22.5. The van der Waals surface area contributed by atoms with Crippen LogP contribution in [0.4, 0.5) is 0 Å². The van der Waals surface area contributed by atoms with E-state index in [0.717, 1.165) is 5.56 Å². The maximum atomic E-state index is 13.2. The molecule has 0 aliphatic carbocycles. The van der Waals surface area contributed by atoms with Crippen LogP contribution in [0.25, 0.3) is 11.4 Å². The Hall–Kier alpha value is -4.14. The SMILES string of the molecule is COC(=O)CCc1ccc(-n2c(C)cn(-c3ccc(C(=O)OC)cc3C(=N)N)c2=O)cc1. The summed E-state index contributed by atoms with van der Waals surface area (Å²) in [6, 6.07) is 11.8. The van der Waals surface area contributed by atoms with Crippen molar-refractivity contribution in [3.05, 3.63) is 81.5 Å². The summed E-state index contributed by atoms with van der Waals surface area (Å²) >= 11 is 0. The Morgan fingerprint density at radius 3 is 2.34 bits per heavy atom. The van der Waals surface area contributed by atoms with Crippen LogP contribution in [-0.4, -0.2) is 41.1 Å². The van der Waals surface area contributed by atoms with E-state index in [-0.39, 0.29) is 35.0 Å². The molecule has 0 amide bonds. The first-order chi connectivity index (χ1) is 15.3. The van der Waals surface area contributed by atoms with Gasteiger partial charge in [0.05, 0.1) is 31.2 Å². The van der Waals surface area contributed by atoms with E-state index in [1.54, 1.807) is 31.3 Å². The molecule has 0 unspecified atom stereocenters. The summed E-state index contributed by atoms with van der Waals surface area (Å²) in [7, 11) is 2.62. The average molecular weight is 436 g/mol. The highest BCUT2D eigenvalue weighted by Gasteiger charge is 2.17. The molecule has 3 N–H and O–H groups in total. The number of rotatable bonds is 7. The molecule has 1 heterocycles. The zero-order valence-electron chi connectivity index (χ0n) is 18.0. The number of aryl methyl sites for hydroxylation is 2. The summed E-state index contributed by atoms with van der Waals surface area (Å²) in [6.45, 7) is 1.79. The maximum absolute atomic E-state index is 13.2. The van der Waals surface area contributed by atoms with Gasteiger partial charge in [-0.25, -0.2) is 9.59 Å². The standard InChI is InChI=1S/C23H24N4O5/c1-14-13-26(19-10-7-16(22(29)32-3)12-18(19)21(24)25)23(30)27(14)17-8-4-15(5-9-17)6-11-20(28)31-2/h4-5,7-10,12-13H,6,11H2,1-3H3,(H3,24,25). The third kappa shape index (κ3) is 4.46. The van der Waals surface area contributed by atoms with Gasteiger partial charge in [-0.3, -0.25) is 19.3 Å². The average Bonchev–Trinajstić information content (AvgIpc) is 3.10. The maximum Gasteiger partial charge on any atom is 0.337 e. The molecule has 0 bridgehead atoms. The van der Waals surface area contributed by atoms with E-state index in [1.165, 1.54) is 35.5 Å². The highest BCUT2D eigenvalue weighted by molar-refractivity contribution is 6.01. The van der Waals surface area contributed by atoms with Crippen LogP contribution in [0.1, 0.15) is 33.6 Å². The molecule has 0 spiro atoms. The van der Waals surface area contributed by atoms with Crippen LogP contribution in [0, 0.1) is 12.3 Å². The number of hydrogen-bond donors (Lipinski definition) is 2. The van der Waals surface area contributed by atoms with Gasteiger partial charge < -0.3 is 15.2 Å². The highest BCUT2D eigenvalue weighted by atomic mass is 16.5. The van der Waals surface area contributed by atoms with Crippen LogP contribution in [0.15, 0.2) is 53.5 Å². The van der Waals surface area contributed by atoms with Crippen molar-refractivity contribution in [2.75, 3.05) is 14.2 Å². The normalized spacial score (nSPS) is 10.6. The Morgan fingerprint density at radius 2 is 1.75 bits per heavy atom. The first-order valence-corrected chi connectivity index (χ1v) is 9.81. The molecular formula is C23H24N4O5. The third-order valence-electron chi connectivity index (χ3n) is 5.07. The highest BCUT2D eigenvalue weighted by Crippen LogP contribution is 2.19. The number of amidine groups is 1. The van der Waals surface area contributed by atoms with Gasteiger partial charge in [0.1, 0.15) is 5.84 Å². The Labute approximate surface area is 184 Å². The molecule has 0 saturated carbocycles. The molecule has 3 rings (SSSR count). The number of carbonyl (C=O) groups excluding carboxylic acids is 2. The summed E-state index contributed by atoms with van der Waals surface area (Å²) in [6.07, 6.45) is 2.46. The minimum absolute atomic E-state index is 0.230. The van der Waals surface area contributed by atoms with Gasteiger partial charge in [0, 0.05) is 23.9 Å². The van der Waals surface area contributed by atoms with Crippen LogP contribution in [0.2, 0.25) is 0 Å². The van der Waals surface area contributed by atoms with Crippen LogP contribution < -0.4 is 11.4 Å². The van der Waals surface area contributed by atoms with Crippen molar-refractivity contribution in [3.63, 3.8) is 0 Å². The molecular weight excluding hydrogens is 412 g/mol. The molecule has 0 radical (unpaired) electrons. The van der Waals surface area contributed by atoms with E-state index in [4.69, 9.17) is 15.9 Å². The minimum atomic E-state index is -0.563. The van der Waals surface area contributed by atoms with E-state index in [0.29, 0.717) is 23.5 Å². The minimum Gasteiger partial charge on any atom is -0.469 e. The number of methoxy groups -OCH3 is 2. The second kappa shape index (κ2) is 9.34. The number of carbonyl (C=O) groups is 2. The number of esters is 2. The number of imidazole rings is 1. The lowest BCUT2D eigenvalue weighted by molar-refractivity contribution is -0.140. The fraction of sp³-hybridized carbons (Fsp3) is 0.217. The van der Waals surface area contributed by atoms with Gasteiger partial charge in [0.25, 0.3) is 0 Å². The van der Waals surface area contributed by atoms with Gasteiger partial charge in [-0.2, -0.15) is 0 Å². The molecule has 0 saturated heterocycles. The Morgan fingerprint density at radius 1 is 1.06 bits per heavy atom. The van der Waals surface area contributed by atoms with E-state index in [2.05, 4.69) is 4.74 Å². The molecule has 9 heteroatoms. The molecule has 0 aliphatic heterocycles. The van der Waals surface area contributed by atoms with Gasteiger partial charge in [-0.15, -0.1) is 0 Å². The van der Waals surface area contributed by atoms with Gasteiger partial charge in [0.2, 0.25) is 0 Å². The van der Waals surface area contributed by atoms with E-state index < -0.39 is 5.97 Å². The van der Waals surface area contributed by atoms with Gasteiger partial charge in [-0.05, 0) is 49.2 Å². The van der Waals surface area contributed by atoms with Crippen molar-refractivity contribution in [2.45, 2.75) is 19.8 Å². The number of ether oxygens (including phenoxy) is 2. The lowest BCUT2D eigenvalue weighted by Crippen LogP contribution is -2.25. The van der Waals surface area contributed by atoms with Crippen molar-refractivity contribution in [2.24, 2.45) is 5.73 Å². The lowest BCUT2D eigenvalue weighted by Gasteiger charge is -2.10. The largest absolute Gasteiger partial charge is 0.469 e. The first-order valence-electron chi connectivity index (χ1n) is 9.81. The van der Waals surface area contributed by atoms with Crippen LogP contribution in [-0.2, 0) is 20.7 Å².